The summed E-state index contributed by atoms with van der Waals surface area (Å²) in [5.41, 5.74) is 18.6. The highest BCUT2D eigenvalue weighted by atomic mass is 35.5. The van der Waals surface area contributed by atoms with Gasteiger partial charge in [0.1, 0.15) is 0 Å². The highest BCUT2D eigenvalue weighted by Gasteiger charge is 2.32. The quantitative estimate of drug-likeness (QED) is 0.349. The molecular formula is C20H18Cl2N6O2. The summed E-state index contributed by atoms with van der Waals surface area (Å²) in [6.07, 6.45) is 3.20. The van der Waals surface area contributed by atoms with Gasteiger partial charge in [0.2, 0.25) is 11.8 Å². The molecule has 0 spiro atoms. The first-order valence-corrected chi connectivity index (χ1v) is 9.75. The van der Waals surface area contributed by atoms with Crippen LogP contribution in [0.5, 0.6) is 0 Å². The van der Waals surface area contributed by atoms with Crippen LogP contribution in [0.3, 0.4) is 0 Å². The van der Waals surface area contributed by atoms with Gasteiger partial charge in [-0.25, -0.2) is 0 Å². The molecule has 8 nitrogen and oxygen atoms in total. The van der Waals surface area contributed by atoms with Crippen molar-refractivity contribution in [1.82, 2.24) is 9.35 Å². The van der Waals surface area contributed by atoms with Gasteiger partial charge in [0, 0.05) is 23.2 Å². The molecule has 0 saturated carbocycles. The summed E-state index contributed by atoms with van der Waals surface area (Å²) in [4.78, 5) is 24.6. The molecule has 6 N–H and O–H groups in total. The van der Waals surface area contributed by atoms with Crippen LogP contribution in [-0.2, 0) is 9.59 Å². The predicted octanol–water partition coefficient (Wildman–Crippen LogP) is 2.40. The van der Waals surface area contributed by atoms with E-state index in [1.165, 1.54) is 0 Å². The van der Waals surface area contributed by atoms with E-state index >= 15 is 0 Å². The van der Waals surface area contributed by atoms with Crippen LogP contribution in [0.1, 0.15) is 0 Å². The summed E-state index contributed by atoms with van der Waals surface area (Å²) in [7, 11) is 0. The number of halogens is 2. The molecule has 0 radical (unpaired) electrons. The van der Waals surface area contributed by atoms with Crippen LogP contribution in [-0.4, -0.2) is 33.3 Å². The number of aromatic nitrogens is 2. The molecule has 2 aromatic heterocycles. The third kappa shape index (κ3) is 3.51. The molecule has 2 unspecified atom stereocenters. The number of benzene rings is 2. The summed E-state index contributed by atoms with van der Waals surface area (Å²) in [5.74, 6) is -1.55. The van der Waals surface area contributed by atoms with Gasteiger partial charge in [0.15, 0.2) is 12.1 Å². The van der Waals surface area contributed by atoms with Crippen molar-refractivity contribution >= 4 is 56.8 Å². The van der Waals surface area contributed by atoms with Crippen LogP contribution in [0.15, 0.2) is 60.9 Å². The molecule has 0 fully saturated rings. The van der Waals surface area contributed by atoms with E-state index in [9.17, 15) is 9.59 Å². The normalized spacial score (nSPS) is 13.3. The van der Waals surface area contributed by atoms with Crippen molar-refractivity contribution in [2.75, 3.05) is 10.9 Å². The smallest absolute Gasteiger partial charge is 0.244 e. The van der Waals surface area contributed by atoms with E-state index in [4.69, 9.17) is 34.7 Å². The molecule has 4 rings (SSSR count). The Morgan fingerprint density at radius 1 is 0.733 bits per heavy atom. The molecule has 154 valence electrons. The second-order valence-corrected chi connectivity index (χ2v) is 7.56. The minimum Gasteiger partial charge on any atom is -0.368 e. The van der Waals surface area contributed by atoms with E-state index in [-0.39, 0.29) is 0 Å². The first-order valence-electron chi connectivity index (χ1n) is 8.99. The second kappa shape index (κ2) is 7.81. The summed E-state index contributed by atoms with van der Waals surface area (Å²) < 4.78 is 3.09. The van der Waals surface area contributed by atoms with Gasteiger partial charge in [0.05, 0.1) is 21.1 Å². The molecule has 30 heavy (non-hydrogen) atoms. The molecule has 2 amide bonds. The van der Waals surface area contributed by atoms with Gasteiger partial charge in [-0.05, 0) is 12.1 Å². The van der Waals surface area contributed by atoms with Gasteiger partial charge in [-0.3, -0.25) is 18.9 Å². The predicted molar refractivity (Wildman–Crippen MR) is 119 cm³/mol. The topological polar surface area (TPSA) is 120 Å². The molecule has 2 heterocycles. The molecular weight excluding hydrogens is 427 g/mol. The van der Waals surface area contributed by atoms with Gasteiger partial charge < -0.3 is 22.3 Å². The average Bonchev–Trinajstić information content (AvgIpc) is 3.21. The highest BCUT2D eigenvalue weighted by Crippen LogP contribution is 2.26. The third-order valence-corrected chi connectivity index (χ3v) is 5.43. The standard InChI is InChI=1S/C20H18Cl2N6O2/c21-13-9-27(15-7-3-1-5-11(13)15)25-17(19(23)29)18(20(24)30)26-28-10-14(22)12-6-2-4-8-16(12)28/h1-10,17-18,25-26H,(H2,23,29)(H2,24,30). The fraction of sp³-hybridized carbons (Fsp3) is 0.100. The highest BCUT2D eigenvalue weighted by molar-refractivity contribution is 6.36. The van der Waals surface area contributed by atoms with Gasteiger partial charge in [-0.1, -0.05) is 59.6 Å². The maximum absolute atomic E-state index is 12.3. The van der Waals surface area contributed by atoms with Crippen molar-refractivity contribution in [1.29, 1.82) is 0 Å². The Morgan fingerprint density at radius 2 is 1.10 bits per heavy atom. The fourth-order valence-electron chi connectivity index (χ4n) is 3.39. The lowest BCUT2D eigenvalue weighted by Gasteiger charge is -2.27. The number of hydrogen-bond donors (Lipinski definition) is 4. The largest absolute Gasteiger partial charge is 0.368 e. The molecule has 0 aliphatic rings. The van der Waals surface area contributed by atoms with E-state index in [0.29, 0.717) is 21.1 Å². The Balaban J connectivity index is 1.71. The molecule has 2 aromatic carbocycles. The molecule has 0 bridgehead atoms. The Labute approximate surface area is 181 Å². The SMILES string of the molecule is NC(=O)C(Nn1cc(Cl)c2ccccc21)C(Nn1cc(Cl)c2ccccc21)C(N)=O. The Hall–Kier alpha value is -3.36. The maximum atomic E-state index is 12.3. The number of primary amides is 2. The van der Waals surface area contributed by atoms with Gasteiger partial charge in [-0.15, -0.1) is 0 Å². The number of carbonyl (C=O) groups excluding carboxylic acids is 2. The van der Waals surface area contributed by atoms with E-state index in [1.807, 2.05) is 48.5 Å². The van der Waals surface area contributed by atoms with E-state index in [1.54, 1.807) is 21.7 Å². The second-order valence-electron chi connectivity index (χ2n) is 6.75. The zero-order valence-corrected chi connectivity index (χ0v) is 17.1. The van der Waals surface area contributed by atoms with E-state index in [0.717, 1.165) is 10.8 Å². The minimum atomic E-state index is -1.19. The van der Waals surface area contributed by atoms with Crippen molar-refractivity contribution in [3.05, 3.63) is 71.0 Å². The van der Waals surface area contributed by atoms with Crippen molar-refractivity contribution in [2.45, 2.75) is 12.1 Å². The molecule has 0 saturated heterocycles. The van der Waals surface area contributed by atoms with Crippen molar-refractivity contribution in [3.8, 4) is 0 Å². The number of fused-ring (bicyclic) bond motifs is 2. The minimum absolute atomic E-state index is 0.480. The van der Waals surface area contributed by atoms with Crippen LogP contribution in [0.4, 0.5) is 0 Å². The summed E-state index contributed by atoms with van der Waals surface area (Å²) in [6.45, 7) is 0. The first kappa shape index (κ1) is 19.9. The summed E-state index contributed by atoms with van der Waals surface area (Å²) >= 11 is 12.6. The Bertz CT molecular complexity index is 1170. The van der Waals surface area contributed by atoms with Gasteiger partial charge in [0.25, 0.3) is 0 Å². The number of nitrogens with one attached hydrogen (secondary N) is 2. The maximum Gasteiger partial charge on any atom is 0.244 e. The zero-order valence-electron chi connectivity index (χ0n) is 15.5. The number of rotatable bonds is 7. The molecule has 0 aliphatic carbocycles. The number of nitrogens with zero attached hydrogens (tertiary/aromatic N) is 2. The number of para-hydroxylation sites is 2. The molecule has 10 heteroatoms. The molecule has 0 aliphatic heterocycles. The fourth-order valence-corrected chi connectivity index (χ4v) is 3.91. The number of hydrogen-bond acceptors (Lipinski definition) is 4. The Kier molecular flexibility index (Phi) is 5.19. The monoisotopic (exact) mass is 444 g/mol. The van der Waals surface area contributed by atoms with Crippen LogP contribution in [0.25, 0.3) is 21.8 Å². The molecule has 2 atom stereocenters. The van der Waals surface area contributed by atoms with Crippen LogP contribution in [0.2, 0.25) is 10.0 Å². The Morgan fingerprint density at radius 3 is 1.47 bits per heavy atom. The number of carbonyl (C=O) groups is 2. The number of amides is 2. The van der Waals surface area contributed by atoms with Crippen molar-refractivity contribution < 1.29 is 9.59 Å². The average molecular weight is 445 g/mol. The van der Waals surface area contributed by atoms with Crippen LogP contribution in [0, 0.1) is 0 Å². The lowest BCUT2D eigenvalue weighted by atomic mass is 10.1. The van der Waals surface area contributed by atoms with E-state index in [2.05, 4.69) is 10.9 Å². The third-order valence-electron chi connectivity index (χ3n) is 4.83. The van der Waals surface area contributed by atoms with Crippen molar-refractivity contribution in [2.24, 2.45) is 11.5 Å². The zero-order chi connectivity index (χ0) is 21.4. The van der Waals surface area contributed by atoms with E-state index < -0.39 is 23.9 Å². The lowest BCUT2D eigenvalue weighted by molar-refractivity contribution is -0.125. The van der Waals surface area contributed by atoms with Crippen LogP contribution < -0.4 is 22.3 Å². The van der Waals surface area contributed by atoms with Crippen molar-refractivity contribution in [3.63, 3.8) is 0 Å². The van der Waals surface area contributed by atoms with Gasteiger partial charge >= 0.3 is 0 Å². The van der Waals surface area contributed by atoms with Gasteiger partial charge in [-0.2, -0.15) is 0 Å². The summed E-state index contributed by atoms with van der Waals surface area (Å²) in [6, 6.07) is 12.3. The first-order chi connectivity index (χ1) is 14.4. The lowest BCUT2D eigenvalue weighted by Crippen LogP contribution is -2.57. The summed E-state index contributed by atoms with van der Waals surface area (Å²) in [5, 5.41) is 2.52. The molecule has 4 aromatic rings. The van der Waals surface area contributed by atoms with Crippen LogP contribution >= 0.6 is 23.2 Å². The number of nitrogens with two attached hydrogens (primary N) is 2.